The van der Waals surface area contributed by atoms with Gasteiger partial charge in [0.05, 0.1) is 20.1 Å². The Bertz CT molecular complexity index is 728. The van der Waals surface area contributed by atoms with E-state index >= 15 is 0 Å². The van der Waals surface area contributed by atoms with Crippen molar-refractivity contribution in [2.24, 2.45) is 11.8 Å². The van der Waals surface area contributed by atoms with Crippen molar-refractivity contribution in [3.63, 3.8) is 0 Å². The van der Waals surface area contributed by atoms with Crippen LogP contribution in [0.4, 0.5) is 0 Å². The van der Waals surface area contributed by atoms with Gasteiger partial charge < -0.3 is 19.3 Å². The van der Waals surface area contributed by atoms with Gasteiger partial charge in [-0.25, -0.2) is 0 Å². The summed E-state index contributed by atoms with van der Waals surface area (Å²) in [6, 6.07) is 5.70. The van der Waals surface area contributed by atoms with Gasteiger partial charge in [-0.15, -0.1) is 0 Å². The highest BCUT2D eigenvalue weighted by molar-refractivity contribution is 5.84. The molecule has 2 saturated heterocycles. The molecule has 3 rings (SSSR count). The van der Waals surface area contributed by atoms with Gasteiger partial charge in [0.1, 0.15) is 11.5 Å². The van der Waals surface area contributed by atoms with E-state index in [1.807, 2.05) is 41.8 Å². The van der Waals surface area contributed by atoms with Crippen molar-refractivity contribution in [1.82, 2.24) is 9.80 Å². The standard InChI is InChI=1S/C23H34N2O4/c1-16(2)12-22(26)25-14-19(18-13-17(28-3)8-9-21(18)29-4)20(15-25)23(27)24-10-6-5-7-11-24/h8-9,13,16,19-20H,5-7,10-12,14-15H2,1-4H3/t19-,20+/m1/s1. The summed E-state index contributed by atoms with van der Waals surface area (Å²) in [6.07, 6.45) is 3.80. The number of amides is 2. The van der Waals surface area contributed by atoms with E-state index in [4.69, 9.17) is 9.47 Å². The number of ether oxygens (including phenoxy) is 2. The Morgan fingerprint density at radius 1 is 1.03 bits per heavy atom. The van der Waals surface area contributed by atoms with Crippen LogP contribution in [0.25, 0.3) is 0 Å². The smallest absolute Gasteiger partial charge is 0.228 e. The SMILES string of the molecule is COc1ccc(OC)c([C@H]2CN(C(=O)CC(C)C)C[C@@H]2C(=O)N2CCCCC2)c1. The van der Waals surface area contributed by atoms with Gasteiger partial charge in [0.2, 0.25) is 11.8 Å². The van der Waals surface area contributed by atoms with Crippen LogP contribution in [-0.4, -0.2) is 62.0 Å². The monoisotopic (exact) mass is 402 g/mol. The molecular weight excluding hydrogens is 368 g/mol. The molecule has 2 heterocycles. The minimum Gasteiger partial charge on any atom is -0.497 e. The predicted molar refractivity (Wildman–Crippen MR) is 112 cm³/mol. The lowest BCUT2D eigenvalue weighted by Crippen LogP contribution is -2.42. The summed E-state index contributed by atoms with van der Waals surface area (Å²) < 4.78 is 11.0. The number of hydrogen-bond acceptors (Lipinski definition) is 4. The summed E-state index contributed by atoms with van der Waals surface area (Å²) in [5.74, 6) is 1.72. The third kappa shape index (κ3) is 4.85. The van der Waals surface area contributed by atoms with Gasteiger partial charge in [-0.05, 0) is 43.4 Å². The number of benzene rings is 1. The lowest BCUT2D eigenvalue weighted by Gasteiger charge is -2.31. The molecule has 0 spiro atoms. The first kappa shape index (κ1) is 21.5. The number of methoxy groups -OCH3 is 2. The van der Waals surface area contributed by atoms with Crippen LogP contribution in [0.1, 0.15) is 51.0 Å². The molecule has 0 N–H and O–H groups in total. The molecule has 2 atom stereocenters. The largest absolute Gasteiger partial charge is 0.497 e. The highest BCUT2D eigenvalue weighted by atomic mass is 16.5. The van der Waals surface area contributed by atoms with E-state index in [2.05, 4.69) is 0 Å². The molecule has 0 saturated carbocycles. The summed E-state index contributed by atoms with van der Waals surface area (Å²) >= 11 is 0. The van der Waals surface area contributed by atoms with Crippen molar-refractivity contribution in [1.29, 1.82) is 0 Å². The maximum atomic E-state index is 13.4. The molecule has 160 valence electrons. The van der Waals surface area contributed by atoms with Crippen molar-refractivity contribution in [2.75, 3.05) is 40.4 Å². The fourth-order valence-electron chi connectivity index (χ4n) is 4.53. The zero-order chi connectivity index (χ0) is 21.0. The minimum absolute atomic E-state index is 0.0920. The summed E-state index contributed by atoms with van der Waals surface area (Å²) in [5.41, 5.74) is 0.946. The third-order valence-electron chi connectivity index (χ3n) is 6.08. The number of hydrogen-bond donors (Lipinski definition) is 0. The van der Waals surface area contributed by atoms with Crippen LogP contribution < -0.4 is 9.47 Å². The molecule has 0 aliphatic carbocycles. The summed E-state index contributed by atoms with van der Waals surface area (Å²) in [7, 11) is 3.28. The number of nitrogens with zero attached hydrogens (tertiary/aromatic N) is 2. The Morgan fingerprint density at radius 3 is 2.38 bits per heavy atom. The van der Waals surface area contributed by atoms with Crippen molar-refractivity contribution in [2.45, 2.75) is 45.4 Å². The molecular formula is C23H34N2O4. The Hall–Kier alpha value is -2.24. The van der Waals surface area contributed by atoms with Crippen molar-refractivity contribution in [3.05, 3.63) is 23.8 Å². The normalized spacial score (nSPS) is 22.1. The van der Waals surface area contributed by atoms with Gasteiger partial charge in [0, 0.05) is 44.1 Å². The number of likely N-dealkylation sites (tertiary alicyclic amines) is 2. The number of carbonyl (C=O) groups excluding carboxylic acids is 2. The van der Waals surface area contributed by atoms with Gasteiger partial charge in [-0.3, -0.25) is 9.59 Å². The van der Waals surface area contributed by atoms with Crippen LogP contribution in [0.15, 0.2) is 18.2 Å². The average molecular weight is 403 g/mol. The van der Waals surface area contributed by atoms with Crippen LogP contribution in [0.3, 0.4) is 0 Å². The Balaban J connectivity index is 1.92. The van der Waals surface area contributed by atoms with Gasteiger partial charge in [0.25, 0.3) is 0 Å². The Labute approximate surface area is 174 Å². The molecule has 2 amide bonds. The predicted octanol–water partition coefficient (Wildman–Crippen LogP) is 3.30. The molecule has 6 heteroatoms. The second-order valence-corrected chi connectivity index (χ2v) is 8.60. The topological polar surface area (TPSA) is 59.1 Å². The summed E-state index contributed by atoms with van der Waals surface area (Å²) in [6.45, 7) is 6.75. The summed E-state index contributed by atoms with van der Waals surface area (Å²) in [5, 5.41) is 0. The Kier molecular flexibility index (Phi) is 7.04. The number of rotatable bonds is 6. The zero-order valence-electron chi connectivity index (χ0n) is 18.1. The van der Waals surface area contributed by atoms with Crippen molar-refractivity contribution >= 4 is 11.8 Å². The lowest BCUT2D eigenvalue weighted by atomic mass is 9.86. The van der Waals surface area contributed by atoms with E-state index in [0.717, 1.165) is 43.0 Å². The summed E-state index contributed by atoms with van der Waals surface area (Å²) in [4.78, 5) is 30.1. The fourth-order valence-corrected chi connectivity index (χ4v) is 4.53. The third-order valence-corrected chi connectivity index (χ3v) is 6.08. The first-order chi connectivity index (χ1) is 13.9. The number of piperidine rings is 1. The molecule has 0 radical (unpaired) electrons. The molecule has 1 aromatic carbocycles. The second kappa shape index (κ2) is 9.51. The van der Waals surface area contributed by atoms with E-state index in [1.165, 1.54) is 6.42 Å². The molecule has 2 fully saturated rings. The van der Waals surface area contributed by atoms with Gasteiger partial charge in [-0.2, -0.15) is 0 Å². The van der Waals surface area contributed by atoms with E-state index in [9.17, 15) is 9.59 Å². The van der Waals surface area contributed by atoms with E-state index in [0.29, 0.717) is 25.4 Å². The van der Waals surface area contributed by atoms with Crippen LogP contribution in [0, 0.1) is 11.8 Å². The molecule has 29 heavy (non-hydrogen) atoms. The fraction of sp³-hybridized carbons (Fsp3) is 0.652. The highest BCUT2D eigenvalue weighted by Gasteiger charge is 2.43. The molecule has 0 bridgehead atoms. The molecule has 2 aliphatic rings. The van der Waals surface area contributed by atoms with Gasteiger partial charge >= 0.3 is 0 Å². The highest BCUT2D eigenvalue weighted by Crippen LogP contribution is 2.40. The zero-order valence-corrected chi connectivity index (χ0v) is 18.1. The second-order valence-electron chi connectivity index (χ2n) is 8.60. The minimum atomic E-state index is -0.245. The van der Waals surface area contributed by atoms with Crippen molar-refractivity contribution in [3.8, 4) is 11.5 Å². The quantitative estimate of drug-likeness (QED) is 0.733. The molecule has 1 aromatic rings. The maximum Gasteiger partial charge on any atom is 0.228 e. The van der Waals surface area contributed by atoms with Gasteiger partial charge in [-0.1, -0.05) is 13.8 Å². The average Bonchev–Trinajstić information content (AvgIpc) is 3.18. The van der Waals surface area contributed by atoms with Gasteiger partial charge in [0.15, 0.2) is 0 Å². The van der Waals surface area contributed by atoms with Crippen LogP contribution in [0.5, 0.6) is 11.5 Å². The molecule has 6 nitrogen and oxygen atoms in total. The van der Waals surface area contributed by atoms with E-state index < -0.39 is 0 Å². The molecule has 2 aliphatic heterocycles. The first-order valence-corrected chi connectivity index (χ1v) is 10.7. The maximum absolute atomic E-state index is 13.4. The van der Waals surface area contributed by atoms with Crippen molar-refractivity contribution < 1.29 is 19.1 Å². The number of carbonyl (C=O) groups is 2. The molecule has 0 unspecified atom stereocenters. The molecule has 0 aromatic heterocycles. The Morgan fingerprint density at radius 2 is 1.76 bits per heavy atom. The van der Waals surface area contributed by atoms with Crippen LogP contribution in [0.2, 0.25) is 0 Å². The van der Waals surface area contributed by atoms with E-state index in [-0.39, 0.29) is 23.7 Å². The first-order valence-electron chi connectivity index (χ1n) is 10.7. The van der Waals surface area contributed by atoms with E-state index in [1.54, 1.807) is 14.2 Å². The van der Waals surface area contributed by atoms with Crippen LogP contribution in [-0.2, 0) is 9.59 Å². The van der Waals surface area contributed by atoms with Crippen LogP contribution >= 0.6 is 0 Å². The lowest BCUT2D eigenvalue weighted by molar-refractivity contribution is -0.137.